The third kappa shape index (κ3) is 10.4. The van der Waals surface area contributed by atoms with Crippen LogP contribution in [0.2, 0.25) is 0 Å². The molecule has 0 atom stereocenters. The minimum absolute atomic E-state index is 0.189. The molecular weight excluding hydrogens is 206 g/mol. The Kier molecular flexibility index (Phi) is 9.92. The number of rotatable bonds is 11. The first-order chi connectivity index (χ1) is 7.62. The first-order valence-electron chi connectivity index (χ1n) is 5.97. The molecule has 0 aliphatic carbocycles. The largest absolute Gasteiger partial charge is 0.382 e. The highest BCUT2D eigenvalue weighted by atomic mass is 16.5. The van der Waals surface area contributed by atoms with Crippen LogP contribution in [0.1, 0.15) is 26.7 Å². The Labute approximate surface area is 99.4 Å². The summed E-state index contributed by atoms with van der Waals surface area (Å²) in [7, 11) is 1.67. The monoisotopic (exact) mass is 233 g/mol. The Morgan fingerprint density at radius 3 is 2.12 bits per heavy atom. The Morgan fingerprint density at radius 1 is 0.938 bits per heavy atom. The second-order valence-electron chi connectivity index (χ2n) is 4.69. The van der Waals surface area contributed by atoms with E-state index in [9.17, 15) is 0 Å². The second-order valence-corrected chi connectivity index (χ2v) is 4.69. The Balaban J connectivity index is 3.10. The summed E-state index contributed by atoms with van der Waals surface area (Å²) in [5.41, 5.74) is 5.82. The molecule has 0 saturated heterocycles. The van der Waals surface area contributed by atoms with Crippen LogP contribution in [0.5, 0.6) is 0 Å². The molecule has 0 amide bonds. The lowest BCUT2D eigenvalue weighted by Gasteiger charge is -2.21. The van der Waals surface area contributed by atoms with Gasteiger partial charge in [-0.25, -0.2) is 0 Å². The quantitative estimate of drug-likeness (QED) is 0.549. The molecule has 16 heavy (non-hydrogen) atoms. The molecule has 0 aromatic rings. The molecule has 0 aromatic heterocycles. The average Bonchev–Trinajstić information content (AvgIpc) is 2.27. The van der Waals surface area contributed by atoms with Crippen molar-refractivity contribution in [3.8, 4) is 0 Å². The van der Waals surface area contributed by atoms with E-state index in [1.54, 1.807) is 7.11 Å². The van der Waals surface area contributed by atoms with Gasteiger partial charge >= 0.3 is 0 Å². The van der Waals surface area contributed by atoms with E-state index < -0.39 is 0 Å². The van der Waals surface area contributed by atoms with Crippen molar-refractivity contribution in [2.24, 2.45) is 11.1 Å². The lowest BCUT2D eigenvalue weighted by molar-refractivity contribution is 0.0469. The third-order valence-corrected chi connectivity index (χ3v) is 2.48. The van der Waals surface area contributed by atoms with Gasteiger partial charge in [-0.15, -0.1) is 0 Å². The van der Waals surface area contributed by atoms with Gasteiger partial charge in [-0.05, 0) is 24.8 Å². The fourth-order valence-corrected chi connectivity index (χ4v) is 1.06. The molecule has 0 bridgehead atoms. The summed E-state index contributed by atoms with van der Waals surface area (Å²) in [5.74, 6) is 0. The molecule has 0 rings (SSSR count). The van der Waals surface area contributed by atoms with Gasteiger partial charge in [-0.1, -0.05) is 13.8 Å². The molecule has 4 nitrogen and oxygen atoms in total. The summed E-state index contributed by atoms with van der Waals surface area (Å²) < 4.78 is 15.7. The minimum Gasteiger partial charge on any atom is -0.382 e. The summed E-state index contributed by atoms with van der Waals surface area (Å²) in [4.78, 5) is 0. The third-order valence-electron chi connectivity index (χ3n) is 2.48. The van der Waals surface area contributed by atoms with Crippen LogP contribution in [0.15, 0.2) is 0 Å². The zero-order valence-corrected chi connectivity index (χ0v) is 11.0. The molecule has 0 fully saturated rings. The highest BCUT2D eigenvalue weighted by Gasteiger charge is 2.14. The van der Waals surface area contributed by atoms with Crippen molar-refractivity contribution in [1.82, 2.24) is 0 Å². The molecule has 2 N–H and O–H groups in total. The predicted octanol–water partition coefficient (Wildman–Crippen LogP) is 1.43. The van der Waals surface area contributed by atoms with Gasteiger partial charge in [0.15, 0.2) is 0 Å². The van der Waals surface area contributed by atoms with Crippen LogP contribution in [0, 0.1) is 5.41 Å². The van der Waals surface area contributed by atoms with Crippen LogP contribution in [0.3, 0.4) is 0 Å². The summed E-state index contributed by atoms with van der Waals surface area (Å²) in [6.07, 6.45) is 1.95. The molecule has 0 aromatic carbocycles. The maximum Gasteiger partial charge on any atom is 0.0700 e. The molecule has 0 radical (unpaired) electrons. The lowest BCUT2D eigenvalue weighted by atomic mass is 9.90. The van der Waals surface area contributed by atoms with Gasteiger partial charge in [-0.2, -0.15) is 0 Å². The fraction of sp³-hybridized carbons (Fsp3) is 1.00. The predicted molar refractivity (Wildman–Crippen MR) is 65.6 cm³/mol. The van der Waals surface area contributed by atoms with E-state index in [1.807, 2.05) is 0 Å². The van der Waals surface area contributed by atoms with Gasteiger partial charge in [0.1, 0.15) is 0 Å². The Bertz CT molecular complexity index is 151. The van der Waals surface area contributed by atoms with E-state index in [4.69, 9.17) is 19.9 Å². The van der Waals surface area contributed by atoms with Crippen LogP contribution in [0.25, 0.3) is 0 Å². The zero-order valence-electron chi connectivity index (χ0n) is 11.0. The van der Waals surface area contributed by atoms with Gasteiger partial charge < -0.3 is 19.9 Å². The maximum atomic E-state index is 5.63. The van der Waals surface area contributed by atoms with E-state index in [-0.39, 0.29) is 5.41 Å². The van der Waals surface area contributed by atoms with Crippen molar-refractivity contribution >= 4 is 0 Å². The molecule has 0 heterocycles. The second kappa shape index (κ2) is 10.0. The fourth-order valence-electron chi connectivity index (χ4n) is 1.06. The maximum absolute atomic E-state index is 5.63. The van der Waals surface area contributed by atoms with Gasteiger partial charge in [0, 0.05) is 26.9 Å². The minimum atomic E-state index is 0.189. The van der Waals surface area contributed by atoms with Gasteiger partial charge in [-0.3, -0.25) is 0 Å². The summed E-state index contributed by atoms with van der Waals surface area (Å²) >= 11 is 0. The van der Waals surface area contributed by atoms with Crippen molar-refractivity contribution in [3.05, 3.63) is 0 Å². The van der Waals surface area contributed by atoms with Gasteiger partial charge in [0.05, 0.1) is 13.2 Å². The van der Waals surface area contributed by atoms with Crippen LogP contribution in [-0.2, 0) is 14.2 Å². The molecule has 0 aliphatic rings. The highest BCUT2D eigenvalue weighted by Crippen LogP contribution is 2.17. The summed E-state index contributed by atoms with van der Waals surface area (Å²) in [5, 5.41) is 0. The van der Waals surface area contributed by atoms with Crippen molar-refractivity contribution in [2.75, 3.05) is 46.7 Å². The SMILES string of the molecule is COCCOCCCOCCC(C)(C)CN. The number of nitrogens with two attached hydrogens (primary N) is 1. The summed E-state index contributed by atoms with van der Waals surface area (Å²) in [6.45, 7) is 8.62. The van der Waals surface area contributed by atoms with Gasteiger partial charge in [0.2, 0.25) is 0 Å². The van der Waals surface area contributed by atoms with E-state index >= 15 is 0 Å². The lowest BCUT2D eigenvalue weighted by Crippen LogP contribution is -2.25. The Morgan fingerprint density at radius 2 is 1.56 bits per heavy atom. The van der Waals surface area contributed by atoms with Crippen molar-refractivity contribution in [3.63, 3.8) is 0 Å². The molecule has 0 unspecified atom stereocenters. The topological polar surface area (TPSA) is 53.7 Å². The van der Waals surface area contributed by atoms with Crippen LogP contribution < -0.4 is 5.73 Å². The normalized spacial score (nSPS) is 12.0. The van der Waals surface area contributed by atoms with Crippen LogP contribution >= 0.6 is 0 Å². The first-order valence-corrected chi connectivity index (χ1v) is 5.97. The van der Waals surface area contributed by atoms with E-state index in [0.717, 1.165) is 32.7 Å². The van der Waals surface area contributed by atoms with Gasteiger partial charge in [0.25, 0.3) is 0 Å². The van der Waals surface area contributed by atoms with E-state index in [1.165, 1.54) is 0 Å². The van der Waals surface area contributed by atoms with Crippen LogP contribution in [-0.4, -0.2) is 46.7 Å². The summed E-state index contributed by atoms with van der Waals surface area (Å²) in [6, 6.07) is 0. The molecular formula is C12H27NO3. The van der Waals surface area contributed by atoms with Crippen molar-refractivity contribution in [2.45, 2.75) is 26.7 Å². The standard InChI is InChI=1S/C12H27NO3/c1-12(2,11-13)5-8-15-6-4-7-16-10-9-14-3/h4-11,13H2,1-3H3. The molecule has 4 heteroatoms. The molecule has 0 aliphatic heterocycles. The number of hydrogen-bond donors (Lipinski definition) is 1. The average molecular weight is 233 g/mol. The van der Waals surface area contributed by atoms with E-state index in [0.29, 0.717) is 19.8 Å². The van der Waals surface area contributed by atoms with Crippen molar-refractivity contribution in [1.29, 1.82) is 0 Å². The highest BCUT2D eigenvalue weighted by molar-refractivity contribution is 4.68. The smallest absolute Gasteiger partial charge is 0.0700 e. The Hall–Kier alpha value is -0.160. The number of ether oxygens (including phenoxy) is 3. The first kappa shape index (κ1) is 15.8. The number of methoxy groups -OCH3 is 1. The van der Waals surface area contributed by atoms with E-state index in [2.05, 4.69) is 13.8 Å². The molecule has 98 valence electrons. The van der Waals surface area contributed by atoms with Crippen molar-refractivity contribution < 1.29 is 14.2 Å². The van der Waals surface area contributed by atoms with Crippen LogP contribution in [0.4, 0.5) is 0 Å². The number of hydrogen-bond acceptors (Lipinski definition) is 4. The molecule has 0 spiro atoms. The zero-order chi connectivity index (χ0) is 12.3. The molecule has 0 saturated carbocycles.